The van der Waals surface area contributed by atoms with Crippen LogP contribution in [0.5, 0.6) is 5.88 Å². The highest BCUT2D eigenvalue weighted by Crippen LogP contribution is 2.31. The van der Waals surface area contributed by atoms with Crippen LogP contribution < -0.4 is 10.1 Å². The fourth-order valence-corrected chi connectivity index (χ4v) is 3.80. The molecule has 0 radical (unpaired) electrons. The average Bonchev–Trinajstić information content (AvgIpc) is 2.79. The second-order valence-corrected chi connectivity index (χ2v) is 7.78. The van der Waals surface area contributed by atoms with Crippen LogP contribution in [0.2, 0.25) is 0 Å². The predicted octanol–water partition coefficient (Wildman–Crippen LogP) is 2.96. The van der Waals surface area contributed by atoms with Gasteiger partial charge in [-0.05, 0) is 37.5 Å². The van der Waals surface area contributed by atoms with Crippen LogP contribution in [-0.4, -0.2) is 52.9 Å². The number of carbonyl (C=O) groups is 2. The standard InChI is InChI=1S/C22H22F3N5O3/c1-12-11-30(21(32)15-9-14(10-26)20(33-3)28-13(15)2)8-6-17(12)29-19(31)18-16(22(23,24)25)5-4-7-27-18/h4-5,7,9,12,17H,6,8,11H2,1-3H3,(H,29,31)/t12-,17+/m0/s1. The fourth-order valence-electron chi connectivity index (χ4n) is 3.80. The molecule has 0 spiro atoms. The van der Waals surface area contributed by atoms with E-state index < -0.39 is 29.4 Å². The van der Waals surface area contributed by atoms with Crippen LogP contribution in [0.25, 0.3) is 0 Å². The Morgan fingerprint density at radius 1 is 1.36 bits per heavy atom. The number of methoxy groups -OCH3 is 1. The van der Waals surface area contributed by atoms with Gasteiger partial charge in [0.15, 0.2) is 0 Å². The summed E-state index contributed by atoms with van der Waals surface area (Å²) in [6.45, 7) is 3.98. The Morgan fingerprint density at radius 2 is 2.09 bits per heavy atom. The number of carbonyl (C=O) groups excluding carboxylic acids is 2. The number of alkyl halides is 3. The maximum atomic E-state index is 13.2. The van der Waals surface area contributed by atoms with E-state index in [0.717, 1.165) is 18.3 Å². The summed E-state index contributed by atoms with van der Waals surface area (Å²) in [7, 11) is 1.38. The highest BCUT2D eigenvalue weighted by atomic mass is 19.4. The van der Waals surface area contributed by atoms with Crippen molar-refractivity contribution >= 4 is 11.8 Å². The van der Waals surface area contributed by atoms with Crippen LogP contribution in [0.4, 0.5) is 13.2 Å². The summed E-state index contributed by atoms with van der Waals surface area (Å²) < 4.78 is 44.7. The molecule has 1 aliphatic rings. The maximum Gasteiger partial charge on any atom is 0.418 e. The second kappa shape index (κ2) is 9.44. The molecular formula is C22H22F3N5O3. The number of nitrogens with one attached hydrogen (secondary N) is 1. The zero-order chi connectivity index (χ0) is 24.3. The molecule has 0 unspecified atom stereocenters. The summed E-state index contributed by atoms with van der Waals surface area (Å²) in [5.74, 6) is -1.32. The first-order valence-corrected chi connectivity index (χ1v) is 10.1. The Morgan fingerprint density at radius 3 is 2.70 bits per heavy atom. The van der Waals surface area contributed by atoms with Crippen molar-refractivity contribution in [3.05, 3.63) is 52.5 Å². The molecule has 3 heterocycles. The Hall–Kier alpha value is -3.68. The van der Waals surface area contributed by atoms with E-state index >= 15 is 0 Å². The highest BCUT2D eigenvalue weighted by Gasteiger charge is 2.37. The fraction of sp³-hybridized carbons (Fsp3) is 0.409. The molecule has 1 N–H and O–H groups in total. The van der Waals surface area contributed by atoms with Crippen LogP contribution in [0.3, 0.4) is 0 Å². The van der Waals surface area contributed by atoms with Crippen LogP contribution in [0, 0.1) is 24.2 Å². The van der Waals surface area contributed by atoms with Crippen molar-refractivity contribution in [1.82, 2.24) is 20.2 Å². The third-order valence-corrected chi connectivity index (χ3v) is 5.56. The molecular weight excluding hydrogens is 439 g/mol. The van der Waals surface area contributed by atoms with E-state index in [9.17, 15) is 28.0 Å². The largest absolute Gasteiger partial charge is 0.480 e. The van der Waals surface area contributed by atoms with Gasteiger partial charge >= 0.3 is 6.18 Å². The molecule has 3 rings (SSSR count). The van der Waals surface area contributed by atoms with Crippen molar-refractivity contribution in [2.75, 3.05) is 20.2 Å². The highest BCUT2D eigenvalue weighted by molar-refractivity contribution is 5.96. The topological polar surface area (TPSA) is 108 Å². The van der Waals surface area contributed by atoms with Crippen LogP contribution in [0.15, 0.2) is 24.4 Å². The summed E-state index contributed by atoms with van der Waals surface area (Å²) >= 11 is 0. The third kappa shape index (κ3) is 5.05. The first-order chi connectivity index (χ1) is 15.6. The SMILES string of the molecule is COc1nc(C)c(C(=O)N2CC[C@@H](NC(=O)c3ncccc3C(F)(F)F)[C@@H](C)C2)cc1C#N. The number of rotatable bonds is 4. The number of likely N-dealkylation sites (tertiary alicyclic amines) is 1. The van der Waals surface area contributed by atoms with Gasteiger partial charge in [0.1, 0.15) is 17.3 Å². The number of ether oxygens (including phenoxy) is 1. The quantitative estimate of drug-likeness (QED) is 0.750. The Labute approximate surface area is 188 Å². The molecule has 0 saturated carbocycles. The Bertz CT molecular complexity index is 1110. The minimum absolute atomic E-state index is 0.133. The molecule has 0 bridgehead atoms. The molecule has 2 amide bonds. The summed E-state index contributed by atoms with van der Waals surface area (Å²) in [5.41, 5.74) is -0.963. The summed E-state index contributed by atoms with van der Waals surface area (Å²) in [5, 5.41) is 11.9. The van der Waals surface area contributed by atoms with Gasteiger partial charge in [0.25, 0.3) is 11.8 Å². The summed E-state index contributed by atoms with van der Waals surface area (Å²) in [6.07, 6.45) is -3.22. The van der Waals surface area contributed by atoms with E-state index in [-0.39, 0.29) is 41.9 Å². The lowest BCUT2D eigenvalue weighted by Crippen LogP contribution is -2.51. The van der Waals surface area contributed by atoms with Gasteiger partial charge in [-0.15, -0.1) is 0 Å². The zero-order valence-corrected chi connectivity index (χ0v) is 18.2. The van der Waals surface area contributed by atoms with Gasteiger partial charge in [0.2, 0.25) is 5.88 Å². The van der Waals surface area contributed by atoms with Crippen molar-refractivity contribution in [2.45, 2.75) is 32.5 Å². The number of amides is 2. The van der Waals surface area contributed by atoms with E-state index in [1.54, 1.807) is 18.7 Å². The minimum atomic E-state index is -4.70. The van der Waals surface area contributed by atoms with Gasteiger partial charge < -0.3 is 15.0 Å². The minimum Gasteiger partial charge on any atom is -0.480 e. The number of aromatic nitrogens is 2. The van der Waals surface area contributed by atoms with E-state index in [2.05, 4.69) is 15.3 Å². The second-order valence-electron chi connectivity index (χ2n) is 7.78. The average molecular weight is 461 g/mol. The number of pyridine rings is 2. The predicted molar refractivity (Wildman–Crippen MR) is 110 cm³/mol. The zero-order valence-electron chi connectivity index (χ0n) is 18.2. The molecule has 2 aromatic rings. The lowest BCUT2D eigenvalue weighted by molar-refractivity contribution is -0.138. The number of halogens is 3. The number of nitriles is 1. The van der Waals surface area contributed by atoms with Crippen molar-refractivity contribution in [3.63, 3.8) is 0 Å². The summed E-state index contributed by atoms with van der Waals surface area (Å²) in [6, 6.07) is 4.88. The number of nitrogens with zero attached hydrogens (tertiary/aromatic N) is 4. The first-order valence-electron chi connectivity index (χ1n) is 10.1. The van der Waals surface area contributed by atoms with E-state index in [0.29, 0.717) is 12.1 Å². The molecule has 33 heavy (non-hydrogen) atoms. The van der Waals surface area contributed by atoms with Crippen molar-refractivity contribution in [1.29, 1.82) is 5.26 Å². The smallest absolute Gasteiger partial charge is 0.418 e. The summed E-state index contributed by atoms with van der Waals surface area (Å²) in [4.78, 5) is 34.9. The number of hydrogen-bond donors (Lipinski definition) is 1. The van der Waals surface area contributed by atoms with E-state index in [1.807, 2.05) is 6.07 Å². The van der Waals surface area contributed by atoms with Gasteiger partial charge in [-0.25, -0.2) is 4.98 Å². The van der Waals surface area contributed by atoms with Gasteiger partial charge in [-0.2, -0.15) is 18.4 Å². The molecule has 0 aliphatic carbocycles. The van der Waals surface area contributed by atoms with Crippen molar-refractivity contribution in [2.24, 2.45) is 5.92 Å². The third-order valence-electron chi connectivity index (χ3n) is 5.56. The molecule has 8 nitrogen and oxygen atoms in total. The van der Waals surface area contributed by atoms with Crippen molar-refractivity contribution in [3.8, 4) is 11.9 Å². The number of aryl methyl sites for hydroxylation is 1. The lowest BCUT2D eigenvalue weighted by Gasteiger charge is -2.37. The van der Waals surface area contributed by atoms with Gasteiger partial charge in [-0.1, -0.05) is 6.92 Å². The monoisotopic (exact) mass is 461 g/mol. The number of piperidine rings is 1. The van der Waals surface area contributed by atoms with E-state index in [4.69, 9.17) is 4.74 Å². The molecule has 1 saturated heterocycles. The molecule has 11 heteroatoms. The van der Waals surface area contributed by atoms with Gasteiger partial charge in [0, 0.05) is 25.3 Å². The van der Waals surface area contributed by atoms with E-state index in [1.165, 1.54) is 13.2 Å². The van der Waals surface area contributed by atoms with Crippen LogP contribution in [-0.2, 0) is 6.18 Å². The lowest BCUT2D eigenvalue weighted by atomic mass is 9.92. The normalized spacial score (nSPS) is 18.4. The molecule has 1 fully saturated rings. The van der Waals surface area contributed by atoms with Gasteiger partial charge in [-0.3, -0.25) is 14.6 Å². The number of hydrogen-bond acceptors (Lipinski definition) is 6. The van der Waals surface area contributed by atoms with Crippen LogP contribution >= 0.6 is 0 Å². The first kappa shape index (κ1) is 24.0. The molecule has 174 valence electrons. The van der Waals surface area contributed by atoms with Gasteiger partial charge in [0.05, 0.1) is 23.9 Å². The van der Waals surface area contributed by atoms with Crippen molar-refractivity contribution < 1.29 is 27.5 Å². The molecule has 2 atom stereocenters. The Kier molecular flexibility index (Phi) is 6.86. The maximum absolute atomic E-state index is 13.2. The van der Waals surface area contributed by atoms with Crippen LogP contribution in [0.1, 0.15) is 51.0 Å². The molecule has 0 aromatic carbocycles. The molecule has 2 aromatic heterocycles. The molecule has 1 aliphatic heterocycles. The Balaban J connectivity index is 1.72.